The van der Waals surface area contributed by atoms with E-state index < -0.39 is 0 Å². The van der Waals surface area contributed by atoms with Gasteiger partial charge in [0.2, 0.25) is 0 Å². The van der Waals surface area contributed by atoms with Crippen molar-refractivity contribution in [1.82, 2.24) is 25.0 Å². The Morgan fingerprint density at radius 2 is 2.15 bits per heavy atom. The summed E-state index contributed by atoms with van der Waals surface area (Å²) in [6.45, 7) is 1.35. The minimum atomic E-state index is -0.0855. The number of nitrogens with zero attached hydrogens (tertiary/aromatic N) is 5. The van der Waals surface area contributed by atoms with Gasteiger partial charge in [0.1, 0.15) is 11.4 Å². The van der Waals surface area contributed by atoms with Gasteiger partial charge >= 0.3 is 0 Å². The lowest BCUT2D eigenvalue weighted by Gasteiger charge is -2.15. The fourth-order valence-electron chi connectivity index (χ4n) is 3.20. The van der Waals surface area contributed by atoms with E-state index in [1.54, 1.807) is 18.2 Å². The molecule has 8 nitrogen and oxygen atoms in total. The van der Waals surface area contributed by atoms with E-state index in [4.69, 9.17) is 9.26 Å². The second-order valence-corrected chi connectivity index (χ2v) is 6.44. The van der Waals surface area contributed by atoms with E-state index in [-0.39, 0.29) is 5.91 Å². The van der Waals surface area contributed by atoms with Gasteiger partial charge in [-0.1, -0.05) is 5.16 Å². The predicted molar refractivity (Wildman–Crippen MR) is 96.0 cm³/mol. The number of ether oxygens (including phenoxy) is 1. The standard InChI is InChI=1S/C19H19N5O3/c1-26-15-4-2-14(3-5-15)18-22-17(23-27-18)10-13-6-9-24(12-13)19(25)16-11-20-7-8-21-16/h2-5,7-8,11,13H,6,9-10,12H2,1H3. The Bertz CT molecular complexity index is 911. The molecule has 1 unspecified atom stereocenters. The Morgan fingerprint density at radius 3 is 2.89 bits per heavy atom. The third-order valence-corrected chi connectivity index (χ3v) is 4.63. The molecule has 1 aliphatic heterocycles. The minimum absolute atomic E-state index is 0.0855. The van der Waals surface area contributed by atoms with Gasteiger partial charge in [-0.2, -0.15) is 4.98 Å². The fourth-order valence-corrected chi connectivity index (χ4v) is 3.20. The molecule has 138 valence electrons. The number of amides is 1. The van der Waals surface area contributed by atoms with Crippen LogP contribution in [0.15, 0.2) is 47.4 Å². The molecular formula is C19H19N5O3. The van der Waals surface area contributed by atoms with Crippen molar-refractivity contribution in [1.29, 1.82) is 0 Å². The van der Waals surface area contributed by atoms with E-state index in [2.05, 4.69) is 20.1 Å². The average molecular weight is 365 g/mol. The number of rotatable bonds is 5. The Morgan fingerprint density at radius 1 is 1.30 bits per heavy atom. The third kappa shape index (κ3) is 3.79. The maximum absolute atomic E-state index is 12.4. The number of carbonyl (C=O) groups excluding carboxylic acids is 1. The quantitative estimate of drug-likeness (QED) is 0.684. The summed E-state index contributed by atoms with van der Waals surface area (Å²) >= 11 is 0. The van der Waals surface area contributed by atoms with Crippen LogP contribution in [0.3, 0.4) is 0 Å². The van der Waals surface area contributed by atoms with Crippen LogP contribution in [0.5, 0.6) is 5.75 Å². The largest absolute Gasteiger partial charge is 0.497 e. The zero-order valence-electron chi connectivity index (χ0n) is 14.9. The van der Waals surface area contributed by atoms with Crippen LogP contribution >= 0.6 is 0 Å². The number of likely N-dealkylation sites (tertiary alicyclic amines) is 1. The van der Waals surface area contributed by atoms with Gasteiger partial charge in [0.25, 0.3) is 11.8 Å². The molecule has 1 saturated heterocycles. The summed E-state index contributed by atoms with van der Waals surface area (Å²) in [6, 6.07) is 7.47. The molecule has 1 fully saturated rings. The van der Waals surface area contributed by atoms with E-state index in [1.165, 1.54) is 12.4 Å². The summed E-state index contributed by atoms with van der Waals surface area (Å²) in [5.74, 6) is 2.12. The molecule has 0 radical (unpaired) electrons. The molecule has 0 spiro atoms. The zero-order valence-corrected chi connectivity index (χ0v) is 14.9. The molecule has 0 N–H and O–H groups in total. The van der Waals surface area contributed by atoms with E-state index in [0.29, 0.717) is 42.8 Å². The van der Waals surface area contributed by atoms with Crippen molar-refractivity contribution in [3.8, 4) is 17.2 Å². The molecule has 0 bridgehead atoms. The monoisotopic (exact) mass is 365 g/mol. The van der Waals surface area contributed by atoms with Gasteiger partial charge in [0.15, 0.2) is 5.82 Å². The normalized spacial score (nSPS) is 16.5. The first-order valence-corrected chi connectivity index (χ1v) is 8.75. The van der Waals surface area contributed by atoms with Crippen molar-refractivity contribution in [2.75, 3.05) is 20.2 Å². The second-order valence-electron chi connectivity index (χ2n) is 6.44. The SMILES string of the molecule is COc1ccc(-c2nc(CC3CCN(C(=O)c4cnccn4)C3)no2)cc1. The van der Waals surface area contributed by atoms with Gasteiger partial charge in [-0.3, -0.25) is 9.78 Å². The molecule has 1 aliphatic rings. The van der Waals surface area contributed by atoms with Crippen molar-refractivity contribution in [2.45, 2.75) is 12.8 Å². The molecule has 1 atom stereocenters. The second kappa shape index (κ2) is 7.53. The lowest BCUT2D eigenvalue weighted by Crippen LogP contribution is -2.29. The first-order chi connectivity index (χ1) is 13.2. The Labute approximate surface area is 156 Å². The smallest absolute Gasteiger partial charge is 0.274 e. The number of aromatic nitrogens is 4. The van der Waals surface area contributed by atoms with Crippen LogP contribution in [0.2, 0.25) is 0 Å². The van der Waals surface area contributed by atoms with Crippen LogP contribution in [0.4, 0.5) is 0 Å². The molecule has 1 aromatic carbocycles. The first-order valence-electron chi connectivity index (χ1n) is 8.75. The van der Waals surface area contributed by atoms with E-state index in [0.717, 1.165) is 17.7 Å². The first kappa shape index (κ1) is 17.1. The number of carbonyl (C=O) groups is 1. The van der Waals surface area contributed by atoms with Crippen LogP contribution in [-0.4, -0.2) is 51.1 Å². The molecule has 0 saturated carbocycles. The van der Waals surface area contributed by atoms with Gasteiger partial charge in [-0.25, -0.2) is 4.98 Å². The number of hydrogen-bond acceptors (Lipinski definition) is 7. The lowest BCUT2D eigenvalue weighted by molar-refractivity contribution is 0.0780. The van der Waals surface area contributed by atoms with Crippen molar-refractivity contribution in [3.05, 3.63) is 54.4 Å². The highest BCUT2D eigenvalue weighted by molar-refractivity contribution is 5.92. The molecule has 4 rings (SSSR count). The van der Waals surface area contributed by atoms with Crippen molar-refractivity contribution in [3.63, 3.8) is 0 Å². The van der Waals surface area contributed by atoms with Gasteiger partial charge in [-0.15, -0.1) is 0 Å². The summed E-state index contributed by atoms with van der Waals surface area (Å²) in [6.07, 6.45) is 6.15. The maximum atomic E-state index is 12.4. The van der Waals surface area contributed by atoms with Crippen LogP contribution in [-0.2, 0) is 6.42 Å². The topological polar surface area (TPSA) is 94.2 Å². The van der Waals surface area contributed by atoms with Crippen molar-refractivity contribution in [2.24, 2.45) is 5.92 Å². The highest BCUT2D eigenvalue weighted by Crippen LogP contribution is 2.24. The van der Waals surface area contributed by atoms with Gasteiger partial charge in [0, 0.05) is 37.5 Å². The molecule has 27 heavy (non-hydrogen) atoms. The molecule has 3 heterocycles. The summed E-state index contributed by atoms with van der Waals surface area (Å²) in [5.41, 5.74) is 1.22. The maximum Gasteiger partial charge on any atom is 0.274 e. The van der Waals surface area contributed by atoms with E-state index in [9.17, 15) is 4.79 Å². The summed E-state index contributed by atoms with van der Waals surface area (Å²) in [5, 5.41) is 4.08. The van der Waals surface area contributed by atoms with Gasteiger partial charge in [0.05, 0.1) is 13.3 Å². The lowest BCUT2D eigenvalue weighted by atomic mass is 10.1. The van der Waals surface area contributed by atoms with Gasteiger partial charge < -0.3 is 14.2 Å². The highest BCUT2D eigenvalue weighted by atomic mass is 16.5. The summed E-state index contributed by atoms with van der Waals surface area (Å²) in [7, 11) is 1.62. The highest BCUT2D eigenvalue weighted by Gasteiger charge is 2.29. The van der Waals surface area contributed by atoms with Crippen LogP contribution in [0.25, 0.3) is 11.5 Å². The van der Waals surface area contributed by atoms with Crippen LogP contribution in [0.1, 0.15) is 22.7 Å². The summed E-state index contributed by atoms with van der Waals surface area (Å²) in [4.78, 5) is 26.8. The Balaban J connectivity index is 1.37. The molecule has 2 aromatic heterocycles. The number of methoxy groups -OCH3 is 1. The van der Waals surface area contributed by atoms with Crippen LogP contribution < -0.4 is 4.74 Å². The number of benzene rings is 1. The van der Waals surface area contributed by atoms with Crippen molar-refractivity contribution >= 4 is 5.91 Å². The molecule has 1 amide bonds. The predicted octanol–water partition coefficient (Wildman–Crippen LogP) is 2.24. The fraction of sp³-hybridized carbons (Fsp3) is 0.316. The number of hydrogen-bond donors (Lipinski definition) is 0. The third-order valence-electron chi connectivity index (χ3n) is 4.63. The molecule has 3 aromatic rings. The zero-order chi connectivity index (χ0) is 18.6. The molecule has 0 aliphatic carbocycles. The molecule has 8 heteroatoms. The van der Waals surface area contributed by atoms with Gasteiger partial charge in [-0.05, 0) is 36.6 Å². The summed E-state index contributed by atoms with van der Waals surface area (Å²) < 4.78 is 10.5. The molecular weight excluding hydrogens is 346 g/mol. The van der Waals surface area contributed by atoms with Crippen LogP contribution in [0, 0.1) is 5.92 Å². The van der Waals surface area contributed by atoms with E-state index >= 15 is 0 Å². The Hall–Kier alpha value is -3.29. The minimum Gasteiger partial charge on any atom is -0.497 e. The van der Waals surface area contributed by atoms with Crippen molar-refractivity contribution < 1.29 is 14.1 Å². The van der Waals surface area contributed by atoms with E-state index in [1.807, 2.05) is 24.3 Å². The Kier molecular flexibility index (Phi) is 4.78. The average Bonchev–Trinajstić information content (AvgIpc) is 3.38.